The molecule has 4 aromatic rings. The van der Waals surface area contributed by atoms with Gasteiger partial charge in [0.15, 0.2) is 0 Å². The highest BCUT2D eigenvalue weighted by Gasteiger charge is 2.12. The van der Waals surface area contributed by atoms with E-state index in [0.29, 0.717) is 26.3 Å². The van der Waals surface area contributed by atoms with Gasteiger partial charge in [-0.25, -0.2) is 9.48 Å². The van der Waals surface area contributed by atoms with Gasteiger partial charge >= 0.3 is 5.97 Å². The van der Waals surface area contributed by atoms with Crippen molar-refractivity contribution in [2.24, 2.45) is 0 Å². The summed E-state index contributed by atoms with van der Waals surface area (Å²) in [7, 11) is 0. The van der Waals surface area contributed by atoms with E-state index in [1.54, 1.807) is 41.1 Å². The molecule has 7 heteroatoms. The Hall–Kier alpha value is -3.05. The monoisotopic (exact) mass is 482 g/mol. The van der Waals surface area contributed by atoms with Crippen molar-refractivity contribution < 1.29 is 9.53 Å². The second-order valence-corrected chi connectivity index (χ2v) is 8.11. The largest absolute Gasteiger partial charge is 0.458 e. The fraction of sp³-hybridized carbons (Fsp3) is 0.0400. The van der Waals surface area contributed by atoms with Gasteiger partial charge in [-0.1, -0.05) is 71.2 Å². The number of esters is 1. The van der Waals surface area contributed by atoms with Gasteiger partial charge in [-0.3, -0.25) is 0 Å². The van der Waals surface area contributed by atoms with Crippen LogP contribution >= 0.6 is 34.8 Å². The second kappa shape index (κ2) is 10.0. The van der Waals surface area contributed by atoms with E-state index >= 15 is 0 Å². The molecule has 0 atom stereocenters. The molecular weight excluding hydrogens is 467 g/mol. The maximum absolute atomic E-state index is 12.3. The van der Waals surface area contributed by atoms with E-state index in [2.05, 4.69) is 0 Å². The van der Waals surface area contributed by atoms with Gasteiger partial charge in [-0.2, -0.15) is 5.10 Å². The molecule has 0 aliphatic rings. The number of ether oxygens (including phenoxy) is 1. The molecule has 3 aromatic carbocycles. The molecule has 0 saturated carbocycles. The lowest BCUT2D eigenvalue weighted by Gasteiger charge is -2.06. The first-order chi connectivity index (χ1) is 15.5. The topological polar surface area (TPSA) is 44.1 Å². The lowest BCUT2D eigenvalue weighted by atomic mass is 10.1. The van der Waals surface area contributed by atoms with Crippen LogP contribution in [0.5, 0.6) is 0 Å². The molecule has 4 nitrogen and oxygen atoms in total. The number of hydrogen-bond donors (Lipinski definition) is 0. The fourth-order valence-electron chi connectivity index (χ4n) is 3.07. The van der Waals surface area contributed by atoms with E-state index in [-0.39, 0.29) is 6.61 Å². The number of rotatable bonds is 6. The minimum atomic E-state index is -0.518. The number of nitrogens with zero attached hydrogens (tertiary/aromatic N) is 2. The van der Waals surface area contributed by atoms with Crippen LogP contribution in [0, 0.1) is 0 Å². The van der Waals surface area contributed by atoms with Crippen LogP contribution < -0.4 is 0 Å². The van der Waals surface area contributed by atoms with Crippen molar-refractivity contribution in [2.45, 2.75) is 6.61 Å². The molecule has 160 valence electrons. The highest BCUT2D eigenvalue weighted by molar-refractivity contribution is 6.36. The van der Waals surface area contributed by atoms with E-state index in [1.807, 2.05) is 48.7 Å². The van der Waals surface area contributed by atoms with Crippen molar-refractivity contribution in [3.63, 3.8) is 0 Å². The number of para-hydroxylation sites is 1. The van der Waals surface area contributed by atoms with Crippen molar-refractivity contribution in [1.29, 1.82) is 0 Å². The third-order valence-electron chi connectivity index (χ3n) is 4.70. The van der Waals surface area contributed by atoms with Gasteiger partial charge < -0.3 is 4.74 Å². The number of carbonyl (C=O) groups is 1. The molecule has 0 fully saturated rings. The minimum Gasteiger partial charge on any atom is -0.458 e. The van der Waals surface area contributed by atoms with Crippen LogP contribution in [0.15, 0.2) is 85.1 Å². The van der Waals surface area contributed by atoms with Crippen LogP contribution in [-0.2, 0) is 16.1 Å². The summed E-state index contributed by atoms with van der Waals surface area (Å²) in [5, 5.41) is 6.24. The van der Waals surface area contributed by atoms with Crippen molar-refractivity contribution in [3.05, 3.63) is 111 Å². The van der Waals surface area contributed by atoms with Gasteiger partial charge in [0.1, 0.15) is 6.61 Å². The standard InChI is InChI=1S/C25H17Cl3N2O2/c26-19-12-9-17(10-13-19)25-18(15-30(29-25)20-5-2-1-3-6-20)11-14-24(31)32-16-21-22(27)7-4-8-23(21)28/h1-15H,16H2/b14-11+. The Morgan fingerprint density at radius 1 is 0.906 bits per heavy atom. The van der Waals surface area contributed by atoms with Gasteiger partial charge in [-0.15, -0.1) is 0 Å². The van der Waals surface area contributed by atoms with Crippen molar-refractivity contribution in [1.82, 2.24) is 9.78 Å². The molecule has 32 heavy (non-hydrogen) atoms. The summed E-state index contributed by atoms with van der Waals surface area (Å²) in [4.78, 5) is 12.3. The normalized spacial score (nSPS) is 11.1. The number of carbonyl (C=O) groups excluding carboxylic acids is 1. The SMILES string of the molecule is O=C(/C=C/c1cn(-c2ccccc2)nc1-c1ccc(Cl)cc1)OCc1c(Cl)cccc1Cl. The van der Waals surface area contributed by atoms with Gasteiger partial charge in [0.2, 0.25) is 0 Å². The molecule has 0 radical (unpaired) electrons. The summed E-state index contributed by atoms with van der Waals surface area (Å²) >= 11 is 18.3. The van der Waals surface area contributed by atoms with Crippen LogP contribution in [0.1, 0.15) is 11.1 Å². The van der Waals surface area contributed by atoms with Crippen molar-refractivity contribution >= 4 is 46.8 Å². The number of aromatic nitrogens is 2. The molecule has 4 rings (SSSR count). The molecule has 1 heterocycles. The quantitative estimate of drug-likeness (QED) is 0.214. The van der Waals surface area contributed by atoms with Crippen molar-refractivity contribution in [3.8, 4) is 16.9 Å². The highest BCUT2D eigenvalue weighted by atomic mass is 35.5. The highest BCUT2D eigenvalue weighted by Crippen LogP contribution is 2.27. The zero-order chi connectivity index (χ0) is 22.5. The minimum absolute atomic E-state index is 0.0189. The van der Waals surface area contributed by atoms with Gasteiger partial charge in [0, 0.05) is 44.0 Å². The predicted octanol–water partition coefficient (Wildman–Crippen LogP) is 7.26. The van der Waals surface area contributed by atoms with Gasteiger partial charge in [0.25, 0.3) is 0 Å². The average molecular weight is 484 g/mol. The second-order valence-electron chi connectivity index (χ2n) is 6.86. The molecule has 0 saturated heterocycles. The third kappa shape index (κ3) is 5.22. The molecule has 1 aromatic heterocycles. The Bertz CT molecular complexity index is 1250. The Balaban J connectivity index is 1.58. The molecule has 0 aliphatic carbocycles. The third-order valence-corrected chi connectivity index (χ3v) is 5.66. The molecule has 0 spiro atoms. The maximum Gasteiger partial charge on any atom is 0.331 e. The zero-order valence-corrected chi connectivity index (χ0v) is 19.0. The summed E-state index contributed by atoms with van der Waals surface area (Å²) in [5.74, 6) is -0.518. The Morgan fingerprint density at radius 3 is 2.28 bits per heavy atom. The summed E-state index contributed by atoms with van der Waals surface area (Å²) < 4.78 is 7.09. The molecule has 0 amide bonds. The summed E-state index contributed by atoms with van der Waals surface area (Å²) in [6.45, 7) is -0.0189. The Kier molecular flexibility index (Phi) is 6.96. The Labute approximate surface area is 200 Å². The van der Waals surface area contributed by atoms with Crippen LogP contribution in [0.2, 0.25) is 15.1 Å². The number of halogens is 3. The first-order valence-electron chi connectivity index (χ1n) is 9.70. The van der Waals surface area contributed by atoms with Crippen LogP contribution in [0.4, 0.5) is 0 Å². The van der Waals surface area contributed by atoms with Crippen LogP contribution in [-0.4, -0.2) is 15.7 Å². The molecule has 0 aliphatic heterocycles. The first kappa shape index (κ1) is 22.2. The Morgan fingerprint density at radius 2 is 1.59 bits per heavy atom. The summed E-state index contributed by atoms with van der Waals surface area (Å²) in [6.07, 6.45) is 4.89. The summed E-state index contributed by atoms with van der Waals surface area (Å²) in [5.41, 5.74) is 3.81. The first-order valence-corrected chi connectivity index (χ1v) is 10.8. The van der Waals surface area contributed by atoms with E-state index in [1.165, 1.54) is 6.08 Å². The fourth-order valence-corrected chi connectivity index (χ4v) is 3.71. The smallest absolute Gasteiger partial charge is 0.331 e. The zero-order valence-electron chi connectivity index (χ0n) is 16.7. The average Bonchev–Trinajstić information content (AvgIpc) is 3.23. The van der Waals surface area contributed by atoms with Crippen molar-refractivity contribution in [2.75, 3.05) is 0 Å². The van der Waals surface area contributed by atoms with Crippen LogP contribution in [0.3, 0.4) is 0 Å². The van der Waals surface area contributed by atoms with Gasteiger partial charge in [0.05, 0.1) is 11.4 Å². The number of hydrogen-bond acceptors (Lipinski definition) is 3. The molecular formula is C25H17Cl3N2O2. The van der Waals surface area contributed by atoms with E-state index in [0.717, 1.165) is 16.8 Å². The molecule has 0 N–H and O–H groups in total. The lowest BCUT2D eigenvalue weighted by molar-refractivity contribution is -0.138. The van der Waals surface area contributed by atoms with Crippen LogP contribution in [0.25, 0.3) is 23.0 Å². The summed E-state index contributed by atoms with van der Waals surface area (Å²) in [6, 6.07) is 22.2. The molecule has 0 unspecified atom stereocenters. The lowest BCUT2D eigenvalue weighted by Crippen LogP contribution is -2.01. The van der Waals surface area contributed by atoms with E-state index in [9.17, 15) is 4.79 Å². The maximum atomic E-state index is 12.3. The predicted molar refractivity (Wildman–Crippen MR) is 129 cm³/mol. The molecule has 0 bridgehead atoms. The van der Waals surface area contributed by atoms with E-state index in [4.69, 9.17) is 44.6 Å². The van der Waals surface area contributed by atoms with E-state index < -0.39 is 5.97 Å². The number of benzene rings is 3. The van der Waals surface area contributed by atoms with Gasteiger partial charge in [-0.05, 0) is 42.5 Å².